The number of amides is 1. The van der Waals surface area contributed by atoms with Crippen LogP contribution in [0.1, 0.15) is 22.3 Å². The van der Waals surface area contributed by atoms with Gasteiger partial charge in [-0.2, -0.15) is 0 Å². The van der Waals surface area contributed by atoms with Crippen LogP contribution >= 0.6 is 27.3 Å². The van der Waals surface area contributed by atoms with Crippen LogP contribution in [0, 0.1) is 0 Å². The van der Waals surface area contributed by atoms with E-state index in [9.17, 15) is 4.79 Å². The van der Waals surface area contributed by atoms with E-state index in [4.69, 9.17) is 0 Å². The maximum Gasteiger partial charge on any atom is 0.270 e. The fraction of sp³-hybridized carbons (Fsp3) is 0.231. The molecule has 1 amide bonds. The first-order chi connectivity index (χ1) is 9.19. The Balaban J connectivity index is 1.92. The van der Waals surface area contributed by atoms with Gasteiger partial charge in [-0.1, -0.05) is 0 Å². The maximum absolute atomic E-state index is 11.9. The van der Waals surface area contributed by atoms with Crippen LogP contribution in [0.2, 0.25) is 0 Å². The largest absolute Gasteiger partial charge is 0.384 e. The molecule has 0 aliphatic heterocycles. The fourth-order valence-corrected chi connectivity index (χ4v) is 2.96. The summed E-state index contributed by atoms with van der Waals surface area (Å²) in [5.74, 6) is -0.160. The van der Waals surface area contributed by atoms with Gasteiger partial charge in [0.15, 0.2) is 0 Å². The predicted molar refractivity (Wildman–Crippen MR) is 81.6 cm³/mol. The summed E-state index contributed by atoms with van der Waals surface area (Å²) >= 11 is 5.00. The number of halogens is 1. The van der Waals surface area contributed by atoms with Gasteiger partial charge >= 0.3 is 0 Å². The summed E-state index contributed by atoms with van der Waals surface area (Å²) in [5.41, 5.74) is 1.35. The molecule has 0 aliphatic rings. The van der Waals surface area contributed by atoms with Crippen molar-refractivity contribution < 1.29 is 4.79 Å². The number of anilines is 1. The molecule has 2 N–H and O–H groups in total. The van der Waals surface area contributed by atoms with Crippen LogP contribution < -0.4 is 10.6 Å². The zero-order valence-electron chi connectivity index (χ0n) is 10.4. The van der Waals surface area contributed by atoms with E-state index in [1.165, 1.54) is 0 Å². The van der Waals surface area contributed by atoms with Crippen molar-refractivity contribution >= 4 is 38.9 Å². The standard InChI is InChI=1S/C13H14BrN3OS/c1-2-15-9-3-5-11(16-7-9)13(18)17-8-10-4-6-12(14)19-10/h3-7,15H,2,8H2,1H3,(H,17,18). The van der Waals surface area contributed by atoms with Crippen LogP contribution in [0.4, 0.5) is 5.69 Å². The van der Waals surface area contributed by atoms with Crippen molar-refractivity contribution in [2.45, 2.75) is 13.5 Å². The molecule has 6 heteroatoms. The van der Waals surface area contributed by atoms with E-state index in [-0.39, 0.29) is 5.91 Å². The van der Waals surface area contributed by atoms with Crippen LogP contribution in [0.3, 0.4) is 0 Å². The van der Waals surface area contributed by atoms with Crippen molar-refractivity contribution in [2.24, 2.45) is 0 Å². The molecule has 0 saturated carbocycles. The van der Waals surface area contributed by atoms with E-state index < -0.39 is 0 Å². The molecule has 2 aromatic rings. The predicted octanol–water partition coefficient (Wildman–Crippen LogP) is 3.27. The fourth-order valence-electron chi connectivity index (χ4n) is 1.54. The molecule has 4 nitrogen and oxygen atoms in total. The highest BCUT2D eigenvalue weighted by molar-refractivity contribution is 9.11. The van der Waals surface area contributed by atoms with Gasteiger partial charge in [-0.25, -0.2) is 4.98 Å². The Morgan fingerprint density at radius 2 is 2.21 bits per heavy atom. The Labute approximate surface area is 124 Å². The molecule has 0 spiro atoms. The third-order valence-corrected chi connectivity index (χ3v) is 4.05. The SMILES string of the molecule is CCNc1ccc(C(=O)NCc2ccc(Br)s2)nc1. The second-order valence-corrected chi connectivity index (χ2v) is 6.40. The lowest BCUT2D eigenvalue weighted by atomic mass is 10.3. The zero-order valence-corrected chi connectivity index (χ0v) is 12.8. The molecular formula is C13H14BrN3OS. The van der Waals surface area contributed by atoms with Gasteiger partial charge < -0.3 is 10.6 Å². The monoisotopic (exact) mass is 339 g/mol. The summed E-state index contributed by atoms with van der Waals surface area (Å²) in [6.07, 6.45) is 1.67. The van der Waals surface area contributed by atoms with Crippen LogP contribution in [0.25, 0.3) is 0 Å². The quantitative estimate of drug-likeness (QED) is 0.878. The lowest BCUT2D eigenvalue weighted by molar-refractivity contribution is 0.0946. The first-order valence-corrected chi connectivity index (χ1v) is 7.52. The van der Waals surface area contributed by atoms with Crippen molar-refractivity contribution in [1.29, 1.82) is 0 Å². The molecular weight excluding hydrogens is 326 g/mol. The first kappa shape index (κ1) is 14.0. The van der Waals surface area contributed by atoms with Gasteiger partial charge in [0, 0.05) is 11.4 Å². The van der Waals surface area contributed by atoms with Gasteiger partial charge in [-0.05, 0) is 47.1 Å². The Bertz CT molecular complexity index is 553. The molecule has 0 atom stereocenters. The number of pyridine rings is 1. The number of nitrogens with one attached hydrogen (secondary N) is 2. The highest BCUT2D eigenvalue weighted by atomic mass is 79.9. The van der Waals surface area contributed by atoms with Gasteiger partial charge in [0.1, 0.15) is 5.69 Å². The molecule has 2 heterocycles. The Morgan fingerprint density at radius 3 is 2.79 bits per heavy atom. The number of carbonyl (C=O) groups excluding carboxylic acids is 1. The van der Waals surface area contributed by atoms with E-state index in [1.54, 1.807) is 23.6 Å². The average molecular weight is 340 g/mol. The molecule has 19 heavy (non-hydrogen) atoms. The number of rotatable bonds is 5. The minimum absolute atomic E-state index is 0.160. The number of aromatic nitrogens is 1. The van der Waals surface area contributed by atoms with E-state index in [0.29, 0.717) is 12.2 Å². The third-order valence-electron chi connectivity index (χ3n) is 2.43. The van der Waals surface area contributed by atoms with E-state index >= 15 is 0 Å². The van der Waals surface area contributed by atoms with Gasteiger partial charge in [0.25, 0.3) is 5.91 Å². The summed E-state index contributed by atoms with van der Waals surface area (Å²) in [7, 11) is 0. The van der Waals surface area contributed by atoms with Crippen molar-refractivity contribution in [1.82, 2.24) is 10.3 Å². The summed E-state index contributed by atoms with van der Waals surface area (Å²) in [4.78, 5) is 17.1. The van der Waals surface area contributed by atoms with Gasteiger partial charge in [0.2, 0.25) is 0 Å². The van der Waals surface area contributed by atoms with E-state index in [2.05, 4.69) is 31.5 Å². The number of carbonyl (C=O) groups is 1. The number of hydrogen-bond donors (Lipinski definition) is 2. The third kappa shape index (κ3) is 4.04. The minimum atomic E-state index is -0.160. The van der Waals surface area contributed by atoms with Crippen LogP contribution in [-0.4, -0.2) is 17.4 Å². The lowest BCUT2D eigenvalue weighted by Crippen LogP contribution is -2.23. The Morgan fingerprint density at radius 1 is 1.37 bits per heavy atom. The van der Waals surface area contributed by atoms with Crippen molar-refractivity contribution in [3.63, 3.8) is 0 Å². The minimum Gasteiger partial charge on any atom is -0.384 e. The maximum atomic E-state index is 11.9. The van der Waals surface area contributed by atoms with Crippen LogP contribution in [-0.2, 0) is 6.54 Å². The van der Waals surface area contributed by atoms with Gasteiger partial charge in [-0.15, -0.1) is 11.3 Å². The van der Waals surface area contributed by atoms with E-state index in [1.807, 2.05) is 25.1 Å². The highest BCUT2D eigenvalue weighted by Crippen LogP contribution is 2.21. The molecule has 0 radical (unpaired) electrons. The second kappa shape index (κ2) is 6.68. The molecule has 0 aromatic carbocycles. The van der Waals surface area contributed by atoms with Crippen molar-refractivity contribution in [3.05, 3.63) is 44.8 Å². The molecule has 2 aromatic heterocycles. The molecule has 2 rings (SSSR count). The number of nitrogens with zero attached hydrogens (tertiary/aromatic N) is 1. The van der Waals surface area contributed by atoms with Gasteiger partial charge in [0.05, 0.1) is 22.2 Å². The molecule has 0 bridgehead atoms. The molecule has 0 saturated heterocycles. The number of thiophene rings is 1. The molecule has 0 unspecified atom stereocenters. The zero-order chi connectivity index (χ0) is 13.7. The summed E-state index contributed by atoms with van der Waals surface area (Å²) in [6, 6.07) is 7.52. The molecule has 0 fully saturated rings. The summed E-state index contributed by atoms with van der Waals surface area (Å²) in [5, 5.41) is 5.98. The Kier molecular flexibility index (Phi) is 4.93. The smallest absolute Gasteiger partial charge is 0.270 e. The van der Waals surface area contributed by atoms with Crippen molar-refractivity contribution in [3.8, 4) is 0 Å². The van der Waals surface area contributed by atoms with Gasteiger partial charge in [-0.3, -0.25) is 4.79 Å². The average Bonchev–Trinajstić information content (AvgIpc) is 2.83. The highest BCUT2D eigenvalue weighted by Gasteiger charge is 2.07. The Hall–Kier alpha value is -1.40. The molecule has 0 aliphatic carbocycles. The van der Waals surface area contributed by atoms with Crippen molar-refractivity contribution in [2.75, 3.05) is 11.9 Å². The van der Waals surface area contributed by atoms with Crippen LogP contribution in [0.5, 0.6) is 0 Å². The van der Waals surface area contributed by atoms with Crippen LogP contribution in [0.15, 0.2) is 34.2 Å². The first-order valence-electron chi connectivity index (χ1n) is 5.91. The lowest BCUT2D eigenvalue weighted by Gasteiger charge is -2.05. The normalized spacial score (nSPS) is 10.2. The summed E-state index contributed by atoms with van der Waals surface area (Å²) < 4.78 is 1.06. The van der Waals surface area contributed by atoms with E-state index in [0.717, 1.165) is 20.9 Å². The topological polar surface area (TPSA) is 54.0 Å². The second-order valence-electron chi connectivity index (χ2n) is 3.85. The molecule has 100 valence electrons. The number of hydrogen-bond acceptors (Lipinski definition) is 4. The summed E-state index contributed by atoms with van der Waals surface area (Å²) in [6.45, 7) is 3.37.